The van der Waals surface area contributed by atoms with E-state index in [0.29, 0.717) is 30.8 Å². The number of rotatable bonds is 7. The van der Waals surface area contributed by atoms with Crippen LogP contribution in [0.4, 0.5) is 19.0 Å². The number of amides is 1. The van der Waals surface area contributed by atoms with Gasteiger partial charge in [-0.3, -0.25) is 4.79 Å². The number of para-hydroxylation sites is 1. The summed E-state index contributed by atoms with van der Waals surface area (Å²) in [5.41, 5.74) is 8.70. The molecule has 0 aliphatic rings. The fourth-order valence-corrected chi connectivity index (χ4v) is 3.49. The summed E-state index contributed by atoms with van der Waals surface area (Å²) in [5, 5.41) is 3.74. The van der Waals surface area contributed by atoms with Crippen LogP contribution >= 0.6 is 0 Å². The molecule has 2 heterocycles. The molecule has 0 atom stereocenters. The maximum atomic E-state index is 12.2. The molecular formula is C22H20F3N5O2. The number of aryl methyl sites for hydroxylation is 1. The number of unbranched alkanes of at least 4 members (excludes halogenated alkanes) is 1. The van der Waals surface area contributed by atoms with Crippen LogP contribution in [-0.4, -0.2) is 33.3 Å². The lowest BCUT2D eigenvalue weighted by atomic mass is 10.2. The molecule has 0 bridgehead atoms. The molecule has 0 spiro atoms. The number of carbonyl (C=O) groups is 1. The Morgan fingerprint density at radius 3 is 2.59 bits per heavy atom. The summed E-state index contributed by atoms with van der Waals surface area (Å²) in [6, 6.07) is 12.5. The number of aromatic nitrogens is 3. The van der Waals surface area contributed by atoms with Crippen molar-refractivity contribution in [3.63, 3.8) is 0 Å². The fraction of sp³-hybridized carbons (Fsp3) is 0.227. The quantitative estimate of drug-likeness (QED) is 0.416. The van der Waals surface area contributed by atoms with Crippen LogP contribution in [0.5, 0.6) is 5.75 Å². The molecule has 4 aromatic rings. The van der Waals surface area contributed by atoms with E-state index in [1.165, 1.54) is 12.1 Å². The Labute approximate surface area is 181 Å². The number of hydrogen-bond donors (Lipinski definition) is 2. The summed E-state index contributed by atoms with van der Waals surface area (Å²) in [7, 11) is 0. The van der Waals surface area contributed by atoms with Gasteiger partial charge in [-0.25, -0.2) is 9.97 Å². The van der Waals surface area contributed by atoms with E-state index in [9.17, 15) is 18.0 Å². The third-order valence-corrected chi connectivity index (χ3v) is 4.94. The molecule has 166 valence electrons. The highest BCUT2D eigenvalue weighted by Gasteiger charge is 2.31. The van der Waals surface area contributed by atoms with Gasteiger partial charge in [0.25, 0.3) is 5.91 Å². The van der Waals surface area contributed by atoms with Crippen LogP contribution < -0.4 is 15.8 Å². The molecule has 7 nitrogen and oxygen atoms in total. The minimum absolute atomic E-state index is 0.259. The predicted molar refractivity (Wildman–Crippen MR) is 114 cm³/mol. The van der Waals surface area contributed by atoms with E-state index in [4.69, 9.17) is 5.73 Å². The molecule has 10 heteroatoms. The van der Waals surface area contributed by atoms with Crippen LogP contribution in [0.2, 0.25) is 0 Å². The first kappa shape index (κ1) is 21.4. The van der Waals surface area contributed by atoms with Gasteiger partial charge >= 0.3 is 6.36 Å². The van der Waals surface area contributed by atoms with E-state index >= 15 is 0 Å². The molecule has 4 rings (SSSR count). The van der Waals surface area contributed by atoms with Gasteiger partial charge in [-0.2, -0.15) is 0 Å². The Morgan fingerprint density at radius 1 is 1.09 bits per heavy atom. The highest BCUT2D eigenvalue weighted by molar-refractivity contribution is 6.06. The summed E-state index contributed by atoms with van der Waals surface area (Å²) >= 11 is 0. The average molecular weight is 443 g/mol. The van der Waals surface area contributed by atoms with Gasteiger partial charge < -0.3 is 20.4 Å². The SMILES string of the molecule is Nc1nc2ccccc2c2c1ncn2CCCCNC(=O)c1ccc(OC(F)(F)F)cc1. The van der Waals surface area contributed by atoms with E-state index in [1.54, 1.807) is 6.33 Å². The molecule has 2 aromatic carbocycles. The number of nitrogens with two attached hydrogens (primary N) is 1. The van der Waals surface area contributed by atoms with Crippen molar-refractivity contribution in [3.8, 4) is 5.75 Å². The zero-order chi connectivity index (χ0) is 22.7. The molecule has 3 N–H and O–H groups in total. The van der Waals surface area contributed by atoms with E-state index in [1.807, 2.05) is 28.8 Å². The smallest absolute Gasteiger partial charge is 0.406 e. The van der Waals surface area contributed by atoms with Crippen molar-refractivity contribution in [1.82, 2.24) is 19.9 Å². The summed E-state index contributed by atoms with van der Waals surface area (Å²) in [6.45, 7) is 1.11. The Bertz CT molecular complexity index is 1250. The summed E-state index contributed by atoms with van der Waals surface area (Å²) in [4.78, 5) is 21.0. The molecule has 0 unspecified atom stereocenters. The number of carbonyl (C=O) groups excluding carboxylic acids is 1. The van der Waals surface area contributed by atoms with Gasteiger partial charge in [0.2, 0.25) is 0 Å². The van der Waals surface area contributed by atoms with E-state index in [-0.39, 0.29) is 17.2 Å². The first-order valence-corrected chi connectivity index (χ1v) is 9.95. The normalized spacial score (nSPS) is 11.7. The van der Waals surface area contributed by atoms with Gasteiger partial charge in [-0.05, 0) is 43.2 Å². The van der Waals surface area contributed by atoms with Crippen LogP contribution in [0.15, 0.2) is 54.9 Å². The number of nitrogens with zero attached hydrogens (tertiary/aromatic N) is 3. The van der Waals surface area contributed by atoms with Crippen molar-refractivity contribution in [1.29, 1.82) is 0 Å². The van der Waals surface area contributed by atoms with Crippen molar-refractivity contribution in [2.45, 2.75) is 25.7 Å². The predicted octanol–water partition coefficient (Wildman–Crippen LogP) is 4.28. The first-order chi connectivity index (χ1) is 15.3. The molecule has 0 radical (unpaired) electrons. The number of hydrogen-bond acceptors (Lipinski definition) is 5. The second-order valence-electron chi connectivity index (χ2n) is 7.18. The van der Waals surface area contributed by atoms with Crippen molar-refractivity contribution in [2.24, 2.45) is 0 Å². The van der Waals surface area contributed by atoms with Crippen molar-refractivity contribution in [2.75, 3.05) is 12.3 Å². The molecule has 0 aliphatic carbocycles. The maximum Gasteiger partial charge on any atom is 0.573 e. The lowest BCUT2D eigenvalue weighted by molar-refractivity contribution is -0.274. The van der Waals surface area contributed by atoms with E-state index in [2.05, 4.69) is 20.0 Å². The molecule has 1 amide bonds. The number of ether oxygens (including phenoxy) is 1. The Balaban J connectivity index is 1.31. The third-order valence-electron chi connectivity index (χ3n) is 4.94. The number of fused-ring (bicyclic) bond motifs is 3. The molecular weight excluding hydrogens is 423 g/mol. The van der Waals surface area contributed by atoms with Crippen LogP contribution in [-0.2, 0) is 6.54 Å². The number of alkyl halides is 3. The largest absolute Gasteiger partial charge is 0.573 e. The zero-order valence-corrected chi connectivity index (χ0v) is 16.9. The topological polar surface area (TPSA) is 95.1 Å². The van der Waals surface area contributed by atoms with Gasteiger partial charge in [-0.1, -0.05) is 18.2 Å². The minimum atomic E-state index is -4.77. The van der Waals surface area contributed by atoms with E-state index < -0.39 is 6.36 Å². The second-order valence-corrected chi connectivity index (χ2v) is 7.18. The Hall–Kier alpha value is -3.82. The molecule has 0 aliphatic heterocycles. The number of halogens is 3. The van der Waals surface area contributed by atoms with Crippen molar-refractivity contribution < 1.29 is 22.7 Å². The molecule has 2 aromatic heterocycles. The first-order valence-electron chi connectivity index (χ1n) is 9.95. The van der Waals surface area contributed by atoms with Crippen molar-refractivity contribution >= 4 is 33.7 Å². The van der Waals surface area contributed by atoms with Gasteiger partial charge in [0.05, 0.1) is 17.4 Å². The standard InChI is InChI=1S/C22H20F3N5O2/c23-22(24,25)32-15-9-7-14(8-10-15)21(31)27-11-3-4-12-30-13-28-18-19(30)16-5-1-2-6-17(16)29-20(18)26/h1-2,5-10,13H,3-4,11-12H2,(H2,26,29)(H,27,31). The number of nitrogen functional groups attached to an aromatic ring is 1. The number of nitrogens with one attached hydrogen (secondary N) is 1. The zero-order valence-electron chi connectivity index (χ0n) is 16.9. The fourth-order valence-electron chi connectivity index (χ4n) is 3.49. The van der Waals surface area contributed by atoms with E-state index in [0.717, 1.165) is 35.0 Å². The lowest BCUT2D eigenvalue weighted by Gasteiger charge is -2.10. The molecule has 0 fully saturated rings. The third kappa shape index (κ3) is 4.74. The average Bonchev–Trinajstić information content (AvgIpc) is 3.18. The van der Waals surface area contributed by atoms with Crippen LogP contribution in [0.1, 0.15) is 23.2 Å². The van der Waals surface area contributed by atoms with Crippen molar-refractivity contribution in [3.05, 3.63) is 60.4 Å². The van der Waals surface area contributed by atoms with Crippen LogP contribution in [0, 0.1) is 0 Å². The summed E-state index contributed by atoms with van der Waals surface area (Å²) in [5.74, 6) is -0.345. The number of anilines is 1. The van der Waals surface area contributed by atoms with Gasteiger partial charge in [-0.15, -0.1) is 13.2 Å². The Kier molecular flexibility index (Phi) is 5.85. The molecule has 32 heavy (non-hydrogen) atoms. The molecule has 0 saturated heterocycles. The number of imidazole rings is 1. The Morgan fingerprint density at radius 2 is 1.84 bits per heavy atom. The molecule has 0 saturated carbocycles. The number of benzene rings is 2. The summed E-state index contributed by atoms with van der Waals surface area (Å²) < 4.78 is 42.4. The van der Waals surface area contributed by atoms with Crippen LogP contribution in [0.3, 0.4) is 0 Å². The van der Waals surface area contributed by atoms with Crippen LogP contribution in [0.25, 0.3) is 21.9 Å². The van der Waals surface area contributed by atoms with Gasteiger partial charge in [0, 0.05) is 24.0 Å². The second kappa shape index (κ2) is 8.74. The number of pyridine rings is 1. The maximum absolute atomic E-state index is 12.2. The highest BCUT2D eigenvalue weighted by Crippen LogP contribution is 2.27. The summed E-state index contributed by atoms with van der Waals surface area (Å²) in [6.07, 6.45) is -1.54. The lowest BCUT2D eigenvalue weighted by Crippen LogP contribution is -2.24. The van der Waals surface area contributed by atoms with Gasteiger partial charge in [0.1, 0.15) is 11.3 Å². The minimum Gasteiger partial charge on any atom is -0.406 e. The monoisotopic (exact) mass is 443 g/mol. The van der Waals surface area contributed by atoms with Gasteiger partial charge in [0.15, 0.2) is 5.82 Å². The highest BCUT2D eigenvalue weighted by atomic mass is 19.4.